The number of esters is 1. The molecule has 100 valence electrons. The first kappa shape index (κ1) is 13.0. The minimum Gasteiger partial charge on any atom is -0.465 e. The average molecular weight is 261 g/mol. The minimum atomic E-state index is -0.460. The van der Waals surface area contributed by atoms with E-state index >= 15 is 0 Å². The van der Waals surface area contributed by atoms with Gasteiger partial charge in [0.1, 0.15) is 17.7 Å². The molecular formula is C12H15N5O2. The molecule has 0 aliphatic heterocycles. The number of carbonyl (C=O) groups is 1. The van der Waals surface area contributed by atoms with Crippen LogP contribution in [-0.4, -0.2) is 39.4 Å². The van der Waals surface area contributed by atoms with Crippen LogP contribution in [0.15, 0.2) is 24.9 Å². The first-order valence-corrected chi connectivity index (χ1v) is 5.82. The summed E-state index contributed by atoms with van der Waals surface area (Å²) in [5, 5.41) is 7.25. The van der Waals surface area contributed by atoms with Crippen molar-refractivity contribution in [3.8, 4) is 0 Å². The highest BCUT2D eigenvalue weighted by molar-refractivity contribution is 5.94. The Bertz CT molecular complexity index is 567. The summed E-state index contributed by atoms with van der Waals surface area (Å²) in [6, 6.07) is 0. The SMILES string of the molecule is COC(=O)c1cncnc1NCCn1cc(C)cn1. The molecule has 0 aliphatic carbocycles. The van der Waals surface area contributed by atoms with E-state index in [9.17, 15) is 4.79 Å². The third kappa shape index (κ3) is 3.27. The van der Waals surface area contributed by atoms with Crippen LogP contribution in [0.4, 0.5) is 5.82 Å². The maximum absolute atomic E-state index is 11.5. The van der Waals surface area contributed by atoms with Crippen molar-refractivity contribution in [2.75, 3.05) is 19.0 Å². The zero-order chi connectivity index (χ0) is 13.7. The van der Waals surface area contributed by atoms with Gasteiger partial charge in [-0.25, -0.2) is 14.8 Å². The van der Waals surface area contributed by atoms with Crippen LogP contribution in [0.2, 0.25) is 0 Å². The smallest absolute Gasteiger partial charge is 0.343 e. The summed E-state index contributed by atoms with van der Waals surface area (Å²) in [6.07, 6.45) is 6.56. The summed E-state index contributed by atoms with van der Waals surface area (Å²) in [4.78, 5) is 19.4. The van der Waals surface area contributed by atoms with Crippen molar-refractivity contribution in [1.29, 1.82) is 0 Å². The van der Waals surface area contributed by atoms with E-state index in [2.05, 4.69) is 25.1 Å². The molecule has 2 rings (SSSR count). The van der Waals surface area contributed by atoms with E-state index in [1.165, 1.54) is 19.6 Å². The van der Waals surface area contributed by atoms with Gasteiger partial charge in [-0.05, 0) is 12.5 Å². The molecule has 7 heteroatoms. The molecule has 0 aromatic carbocycles. The molecule has 0 radical (unpaired) electrons. The van der Waals surface area contributed by atoms with Crippen molar-refractivity contribution in [2.24, 2.45) is 0 Å². The lowest BCUT2D eigenvalue weighted by atomic mass is 10.3. The van der Waals surface area contributed by atoms with Crippen LogP contribution in [0.1, 0.15) is 15.9 Å². The number of anilines is 1. The normalized spacial score (nSPS) is 10.2. The number of nitrogens with one attached hydrogen (secondary N) is 1. The molecule has 0 unspecified atom stereocenters. The standard InChI is InChI=1S/C12H15N5O2/c1-9-5-16-17(7-9)4-3-14-11-10(12(18)19-2)6-13-8-15-11/h5-8H,3-4H2,1-2H3,(H,13,14,15). The molecule has 19 heavy (non-hydrogen) atoms. The molecule has 0 atom stereocenters. The Hall–Kier alpha value is -2.44. The highest BCUT2D eigenvalue weighted by atomic mass is 16.5. The van der Waals surface area contributed by atoms with Crippen LogP contribution in [0, 0.1) is 6.92 Å². The van der Waals surface area contributed by atoms with Crippen molar-refractivity contribution in [2.45, 2.75) is 13.5 Å². The summed E-state index contributed by atoms with van der Waals surface area (Å²) in [7, 11) is 1.33. The lowest BCUT2D eigenvalue weighted by Gasteiger charge is -2.08. The second-order valence-corrected chi connectivity index (χ2v) is 3.98. The monoisotopic (exact) mass is 261 g/mol. The Morgan fingerprint density at radius 1 is 1.47 bits per heavy atom. The van der Waals surface area contributed by atoms with Crippen molar-refractivity contribution >= 4 is 11.8 Å². The zero-order valence-electron chi connectivity index (χ0n) is 10.8. The fourth-order valence-corrected chi connectivity index (χ4v) is 1.61. The minimum absolute atomic E-state index is 0.321. The lowest BCUT2D eigenvalue weighted by Crippen LogP contribution is -2.15. The number of methoxy groups -OCH3 is 1. The van der Waals surface area contributed by atoms with Gasteiger partial charge in [0.2, 0.25) is 0 Å². The van der Waals surface area contributed by atoms with Gasteiger partial charge < -0.3 is 10.1 Å². The van der Waals surface area contributed by atoms with E-state index < -0.39 is 5.97 Å². The molecule has 0 saturated heterocycles. The fraction of sp³-hybridized carbons (Fsp3) is 0.333. The molecule has 2 heterocycles. The van der Waals surface area contributed by atoms with Crippen LogP contribution in [0.5, 0.6) is 0 Å². The second kappa shape index (κ2) is 5.94. The molecule has 0 bridgehead atoms. The molecular weight excluding hydrogens is 246 g/mol. The largest absolute Gasteiger partial charge is 0.465 e. The van der Waals surface area contributed by atoms with Crippen LogP contribution in [-0.2, 0) is 11.3 Å². The third-order valence-electron chi connectivity index (χ3n) is 2.51. The van der Waals surface area contributed by atoms with E-state index in [4.69, 9.17) is 0 Å². The Labute approximate surface area is 110 Å². The second-order valence-electron chi connectivity index (χ2n) is 3.98. The Balaban J connectivity index is 1.97. The molecule has 2 aromatic heterocycles. The summed E-state index contributed by atoms with van der Waals surface area (Å²) in [5.41, 5.74) is 1.43. The Kier molecular flexibility index (Phi) is 4.07. The number of aromatic nitrogens is 4. The number of nitrogens with zero attached hydrogens (tertiary/aromatic N) is 4. The number of ether oxygens (including phenoxy) is 1. The number of rotatable bonds is 5. The predicted octanol–water partition coefficient (Wildman–Crippen LogP) is 0.880. The van der Waals surface area contributed by atoms with Gasteiger partial charge in [-0.15, -0.1) is 0 Å². The average Bonchev–Trinajstić information content (AvgIpc) is 2.84. The number of hydrogen-bond acceptors (Lipinski definition) is 6. The van der Waals surface area contributed by atoms with Crippen molar-refractivity contribution < 1.29 is 9.53 Å². The van der Waals surface area contributed by atoms with Gasteiger partial charge >= 0.3 is 5.97 Å². The number of hydrogen-bond donors (Lipinski definition) is 1. The highest BCUT2D eigenvalue weighted by Crippen LogP contribution is 2.10. The summed E-state index contributed by atoms with van der Waals surface area (Å²) in [6.45, 7) is 3.26. The Morgan fingerprint density at radius 3 is 3.00 bits per heavy atom. The summed E-state index contributed by atoms with van der Waals surface area (Å²) in [5.74, 6) is 0.00348. The third-order valence-corrected chi connectivity index (χ3v) is 2.51. The first-order valence-electron chi connectivity index (χ1n) is 5.82. The van der Waals surface area contributed by atoms with Gasteiger partial charge in [0.25, 0.3) is 0 Å². The van der Waals surface area contributed by atoms with Crippen LogP contribution < -0.4 is 5.32 Å². The molecule has 0 fully saturated rings. The fourth-order valence-electron chi connectivity index (χ4n) is 1.61. The molecule has 7 nitrogen and oxygen atoms in total. The topological polar surface area (TPSA) is 81.9 Å². The van der Waals surface area contributed by atoms with E-state index in [1.54, 1.807) is 6.20 Å². The quantitative estimate of drug-likeness (QED) is 0.805. The molecule has 0 aliphatic rings. The van der Waals surface area contributed by atoms with Gasteiger partial charge in [-0.2, -0.15) is 5.10 Å². The van der Waals surface area contributed by atoms with Gasteiger partial charge in [0, 0.05) is 18.9 Å². The van der Waals surface area contributed by atoms with Crippen LogP contribution in [0.25, 0.3) is 0 Å². The van der Waals surface area contributed by atoms with Crippen LogP contribution >= 0.6 is 0 Å². The van der Waals surface area contributed by atoms with E-state index in [-0.39, 0.29) is 0 Å². The predicted molar refractivity (Wildman–Crippen MR) is 68.8 cm³/mol. The molecule has 0 spiro atoms. The number of carbonyl (C=O) groups excluding carboxylic acids is 1. The molecule has 0 amide bonds. The first-order chi connectivity index (χ1) is 9.20. The zero-order valence-corrected chi connectivity index (χ0v) is 10.8. The van der Waals surface area contributed by atoms with E-state index in [0.29, 0.717) is 24.5 Å². The molecule has 2 aromatic rings. The summed E-state index contributed by atoms with van der Waals surface area (Å²) >= 11 is 0. The van der Waals surface area contributed by atoms with Crippen molar-refractivity contribution in [1.82, 2.24) is 19.7 Å². The van der Waals surface area contributed by atoms with Gasteiger partial charge in [0.05, 0.1) is 19.9 Å². The highest BCUT2D eigenvalue weighted by Gasteiger charge is 2.12. The van der Waals surface area contributed by atoms with Gasteiger partial charge in [0.15, 0.2) is 0 Å². The summed E-state index contributed by atoms with van der Waals surface area (Å²) < 4.78 is 6.49. The van der Waals surface area contributed by atoms with Gasteiger partial charge in [-0.1, -0.05) is 0 Å². The van der Waals surface area contributed by atoms with E-state index in [1.807, 2.05) is 17.8 Å². The number of aryl methyl sites for hydroxylation is 1. The molecule has 1 N–H and O–H groups in total. The molecule has 0 saturated carbocycles. The van der Waals surface area contributed by atoms with Gasteiger partial charge in [-0.3, -0.25) is 4.68 Å². The maximum Gasteiger partial charge on any atom is 0.343 e. The van der Waals surface area contributed by atoms with Crippen molar-refractivity contribution in [3.05, 3.63) is 36.0 Å². The maximum atomic E-state index is 11.5. The lowest BCUT2D eigenvalue weighted by molar-refractivity contribution is 0.0601. The van der Waals surface area contributed by atoms with E-state index in [0.717, 1.165) is 5.56 Å². The Morgan fingerprint density at radius 2 is 2.32 bits per heavy atom. The van der Waals surface area contributed by atoms with Crippen LogP contribution in [0.3, 0.4) is 0 Å². The van der Waals surface area contributed by atoms with Crippen molar-refractivity contribution in [3.63, 3.8) is 0 Å².